The van der Waals surface area contributed by atoms with Crippen LogP contribution in [0.1, 0.15) is 96.5 Å². The average molecular weight is 535 g/mol. The van der Waals surface area contributed by atoms with Gasteiger partial charge < -0.3 is 9.04 Å². The van der Waals surface area contributed by atoms with Gasteiger partial charge in [-0.3, -0.25) is 0 Å². The average Bonchev–Trinajstić information content (AvgIpc) is 2.75. The van der Waals surface area contributed by atoms with E-state index >= 15 is 0 Å². The van der Waals surface area contributed by atoms with E-state index in [1.807, 2.05) is 6.92 Å². The van der Waals surface area contributed by atoms with Gasteiger partial charge in [0.05, 0.1) is 31.6 Å². The molecule has 0 N–H and O–H groups in total. The normalized spacial score (nSPS) is 13.3. The fraction of sp³-hybridized carbons (Fsp3) is 0.769. The van der Waals surface area contributed by atoms with E-state index in [1.165, 1.54) is 113 Å². The Labute approximate surface area is 207 Å². The molecule has 0 fully saturated rings. The Bertz CT molecular complexity index is 664. The minimum Gasteiger partial charge on any atom is -0.744 e. The van der Waals surface area contributed by atoms with E-state index < -0.39 is 10.1 Å². The van der Waals surface area contributed by atoms with E-state index in [4.69, 9.17) is 0 Å². The Hall–Kier alpha value is -0.430. The van der Waals surface area contributed by atoms with Gasteiger partial charge in [-0.05, 0) is 44.7 Å². The predicted molar refractivity (Wildman–Crippen MR) is 140 cm³/mol. The molecule has 6 heteroatoms. The smallest absolute Gasteiger partial charge is 0.124 e. The van der Waals surface area contributed by atoms with Gasteiger partial charge >= 0.3 is 0 Å². The second-order valence-corrected chi connectivity index (χ2v) is 11.5. The molecule has 0 saturated carbocycles. The molecular formula is C26H48BrNO3S. The number of quaternary nitrogens is 1. The molecule has 0 aliphatic rings. The number of hydrogen-bond acceptors (Lipinski definition) is 3. The summed E-state index contributed by atoms with van der Waals surface area (Å²) < 4.78 is 32.5. The lowest BCUT2D eigenvalue weighted by Gasteiger charge is -2.35. The van der Waals surface area contributed by atoms with Crippen LogP contribution in [0.25, 0.3) is 0 Å². The van der Waals surface area contributed by atoms with Crippen molar-refractivity contribution in [1.82, 2.24) is 0 Å². The van der Waals surface area contributed by atoms with Crippen LogP contribution in [0.5, 0.6) is 0 Å². The van der Waals surface area contributed by atoms with Crippen LogP contribution in [-0.4, -0.2) is 49.5 Å². The molecule has 0 heterocycles. The van der Waals surface area contributed by atoms with Gasteiger partial charge in [0.25, 0.3) is 0 Å². The zero-order valence-electron chi connectivity index (χ0n) is 21.1. The first-order valence-corrected chi connectivity index (χ1v) is 15.1. The second-order valence-electron chi connectivity index (χ2n) is 9.28. The number of hydrogen-bond donors (Lipinski definition) is 0. The summed E-state index contributed by atoms with van der Waals surface area (Å²) >= 11 is 3.60. The van der Waals surface area contributed by atoms with Gasteiger partial charge in [0.1, 0.15) is 10.1 Å². The highest BCUT2D eigenvalue weighted by Gasteiger charge is 2.19. The Kier molecular flexibility index (Phi) is 18.7. The highest BCUT2D eigenvalue weighted by molar-refractivity contribution is 9.09. The molecule has 0 radical (unpaired) electrons. The quantitative estimate of drug-likeness (QED) is 0.0903. The maximum atomic E-state index is 10.4. The summed E-state index contributed by atoms with van der Waals surface area (Å²) in [6, 6.07) is 5.78. The molecule has 0 aromatic heterocycles. The van der Waals surface area contributed by atoms with E-state index in [0.717, 1.165) is 10.9 Å². The minimum atomic E-state index is -4.27. The summed E-state index contributed by atoms with van der Waals surface area (Å²) in [5, 5.41) is 1.16. The van der Waals surface area contributed by atoms with Crippen molar-refractivity contribution in [3.8, 4) is 0 Å². The molecular weight excluding hydrogens is 486 g/mol. The Morgan fingerprint density at radius 3 is 1.56 bits per heavy atom. The molecule has 1 unspecified atom stereocenters. The zero-order valence-corrected chi connectivity index (χ0v) is 23.5. The van der Waals surface area contributed by atoms with E-state index in [-0.39, 0.29) is 4.90 Å². The second kappa shape index (κ2) is 18.9. The van der Waals surface area contributed by atoms with Crippen LogP contribution in [0, 0.1) is 6.92 Å². The molecule has 32 heavy (non-hydrogen) atoms. The van der Waals surface area contributed by atoms with E-state index in [1.54, 1.807) is 12.1 Å². The molecule has 1 rings (SSSR count). The Morgan fingerprint density at radius 2 is 1.16 bits per heavy atom. The first-order valence-electron chi connectivity index (χ1n) is 12.6. The SMILES string of the molecule is CCCCCCCC[N+](C)(CCCBr)CCCCCCC.Cc1ccc(S(=O)(=O)[O-])cc1. The van der Waals surface area contributed by atoms with Crippen LogP contribution in [-0.2, 0) is 10.1 Å². The Balaban J connectivity index is 0.000000726. The van der Waals surface area contributed by atoms with Crippen molar-refractivity contribution in [2.45, 2.75) is 103 Å². The number of nitrogens with zero attached hydrogens (tertiary/aromatic N) is 1. The molecule has 0 aliphatic carbocycles. The van der Waals surface area contributed by atoms with Crippen LogP contribution in [0.3, 0.4) is 0 Å². The summed E-state index contributed by atoms with van der Waals surface area (Å²) in [4.78, 5) is -0.178. The van der Waals surface area contributed by atoms with Gasteiger partial charge in [0, 0.05) is 11.8 Å². The molecule has 0 amide bonds. The molecule has 1 atom stereocenters. The van der Waals surface area contributed by atoms with Crippen molar-refractivity contribution in [1.29, 1.82) is 0 Å². The fourth-order valence-electron chi connectivity index (χ4n) is 3.85. The largest absolute Gasteiger partial charge is 0.744 e. The molecule has 4 nitrogen and oxygen atoms in total. The number of benzene rings is 1. The van der Waals surface area contributed by atoms with Gasteiger partial charge in [-0.25, -0.2) is 8.42 Å². The van der Waals surface area contributed by atoms with Crippen LogP contribution >= 0.6 is 15.9 Å². The van der Waals surface area contributed by atoms with Crippen molar-refractivity contribution in [3.63, 3.8) is 0 Å². The number of aryl methyl sites for hydroxylation is 1. The summed E-state index contributed by atoms with van der Waals surface area (Å²) in [5.74, 6) is 0. The van der Waals surface area contributed by atoms with Gasteiger partial charge in [0.2, 0.25) is 0 Å². The van der Waals surface area contributed by atoms with Crippen molar-refractivity contribution in [3.05, 3.63) is 29.8 Å². The van der Waals surface area contributed by atoms with Gasteiger partial charge in [-0.15, -0.1) is 0 Å². The van der Waals surface area contributed by atoms with Crippen LogP contribution < -0.4 is 0 Å². The maximum Gasteiger partial charge on any atom is 0.124 e. The molecule has 1 aromatic rings. The van der Waals surface area contributed by atoms with Crippen molar-refractivity contribution in [2.75, 3.05) is 32.0 Å². The monoisotopic (exact) mass is 533 g/mol. The fourth-order valence-corrected chi connectivity index (χ4v) is 4.57. The first kappa shape index (κ1) is 31.6. The zero-order chi connectivity index (χ0) is 24.3. The summed E-state index contributed by atoms with van der Waals surface area (Å²) in [6.45, 7) is 10.6. The van der Waals surface area contributed by atoms with E-state index in [9.17, 15) is 13.0 Å². The molecule has 0 saturated heterocycles. The van der Waals surface area contributed by atoms with Crippen molar-refractivity contribution in [2.24, 2.45) is 0 Å². The maximum absolute atomic E-state index is 10.4. The van der Waals surface area contributed by atoms with Gasteiger partial charge in [-0.1, -0.05) is 92.4 Å². The Morgan fingerprint density at radius 1 is 0.750 bits per heavy atom. The molecule has 0 aliphatic heterocycles. The highest BCUT2D eigenvalue weighted by Crippen LogP contribution is 2.14. The number of alkyl halides is 1. The van der Waals surface area contributed by atoms with Crippen LogP contribution in [0.2, 0.25) is 0 Å². The molecule has 188 valence electrons. The number of halogens is 1. The van der Waals surface area contributed by atoms with E-state index in [2.05, 4.69) is 36.8 Å². The summed E-state index contributed by atoms with van der Waals surface area (Å²) in [7, 11) is -1.78. The van der Waals surface area contributed by atoms with Crippen molar-refractivity contribution < 1.29 is 17.5 Å². The van der Waals surface area contributed by atoms with E-state index in [0.29, 0.717) is 0 Å². The molecule has 1 aromatic carbocycles. The topological polar surface area (TPSA) is 57.2 Å². The third kappa shape index (κ3) is 17.1. The van der Waals surface area contributed by atoms with Crippen molar-refractivity contribution >= 4 is 26.0 Å². The third-order valence-corrected chi connectivity index (χ3v) is 7.40. The lowest BCUT2D eigenvalue weighted by atomic mass is 10.1. The molecule has 0 bridgehead atoms. The molecule has 0 spiro atoms. The number of rotatable bonds is 17. The third-order valence-electron chi connectivity index (χ3n) is 5.99. The first-order chi connectivity index (χ1) is 15.2. The standard InChI is InChI=1S/C19H41BrN.C7H8O3S/c1-4-6-8-10-12-14-18-21(3,19-15-16-20)17-13-11-9-7-5-2;1-6-2-4-7(5-3-6)11(8,9)10/h4-19H2,1-3H3;2-5H,1H3,(H,8,9,10)/q+1;/p-1. The summed E-state index contributed by atoms with van der Waals surface area (Å²) in [6.07, 6.45) is 16.9. The number of unbranched alkanes of at least 4 members (excludes halogenated alkanes) is 9. The van der Waals surface area contributed by atoms with Gasteiger partial charge in [0.15, 0.2) is 0 Å². The van der Waals surface area contributed by atoms with Crippen LogP contribution in [0.15, 0.2) is 29.2 Å². The lowest BCUT2D eigenvalue weighted by molar-refractivity contribution is -0.910. The van der Waals surface area contributed by atoms with Gasteiger partial charge in [-0.2, -0.15) is 0 Å². The highest BCUT2D eigenvalue weighted by atomic mass is 79.9. The minimum absolute atomic E-state index is 0.178. The van der Waals surface area contributed by atoms with Crippen LogP contribution in [0.4, 0.5) is 0 Å². The lowest BCUT2D eigenvalue weighted by Crippen LogP contribution is -2.46. The summed E-state index contributed by atoms with van der Waals surface area (Å²) in [5.41, 5.74) is 0.928. The predicted octanol–water partition coefficient (Wildman–Crippen LogP) is 7.45.